The summed E-state index contributed by atoms with van der Waals surface area (Å²) in [6.07, 6.45) is -2.87. The number of pyridine rings is 1. The highest BCUT2D eigenvalue weighted by Crippen LogP contribution is 2.31. The van der Waals surface area contributed by atoms with E-state index in [0.717, 1.165) is 40.1 Å². The van der Waals surface area contributed by atoms with Gasteiger partial charge in [-0.05, 0) is 55.5 Å². The van der Waals surface area contributed by atoms with Crippen LogP contribution in [0.1, 0.15) is 17.0 Å². The molecule has 0 aliphatic heterocycles. The molecule has 0 unspecified atom stereocenters. The third kappa shape index (κ3) is 5.92. The van der Waals surface area contributed by atoms with Gasteiger partial charge >= 0.3 is 6.18 Å². The van der Waals surface area contributed by atoms with Gasteiger partial charge in [0.25, 0.3) is 5.95 Å². The topological polar surface area (TPSA) is 87.5 Å². The fourth-order valence-corrected chi connectivity index (χ4v) is 3.82. The summed E-state index contributed by atoms with van der Waals surface area (Å²) in [5.74, 6) is 0.236. The largest absolute Gasteiger partial charge is 0.416 e. The third-order valence-electron chi connectivity index (χ3n) is 5.65. The van der Waals surface area contributed by atoms with Crippen molar-refractivity contribution >= 4 is 39.6 Å². The van der Waals surface area contributed by atoms with Crippen LogP contribution in [0.4, 0.5) is 41.9 Å². The number of halogens is 3. The maximum atomic E-state index is 12.9. The number of nitrogens with zero attached hydrogens (tertiary/aromatic N) is 5. The van der Waals surface area contributed by atoms with Crippen LogP contribution < -0.4 is 10.6 Å². The first kappa shape index (κ1) is 24.8. The molecule has 190 valence electrons. The van der Waals surface area contributed by atoms with E-state index in [9.17, 15) is 13.2 Å². The highest BCUT2D eigenvalue weighted by atomic mass is 19.4. The first-order chi connectivity index (χ1) is 18.3. The van der Waals surface area contributed by atoms with Crippen LogP contribution in [0.2, 0.25) is 0 Å². The van der Waals surface area contributed by atoms with Gasteiger partial charge < -0.3 is 10.6 Å². The van der Waals surface area contributed by atoms with Crippen molar-refractivity contribution in [3.63, 3.8) is 0 Å². The van der Waals surface area contributed by atoms with E-state index in [1.54, 1.807) is 18.2 Å². The molecule has 3 aromatic carbocycles. The van der Waals surface area contributed by atoms with E-state index in [1.165, 1.54) is 12.3 Å². The van der Waals surface area contributed by atoms with Gasteiger partial charge in [-0.25, -0.2) is 9.97 Å². The molecule has 2 aromatic heterocycles. The van der Waals surface area contributed by atoms with Crippen LogP contribution in [0.25, 0.3) is 10.9 Å². The van der Waals surface area contributed by atoms with Crippen molar-refractivity contribution in [1.29, 1.82) is 0 Å². The fourth-order valence-electron chi connectivity index (χ4n) is 3.82. The minimum atomic E-state index is -4.40. The Kier molecular flexibility index (Phi) is 6.94. The molecule has 0 saturated heterocycles. The number of nitrogens with one attached hydrogen (secondary N) is 2. The van der Waals surface area contributed by atoms with Gasteiger partial charge in [0.2, 0.25) is 0 Å². The van der Waals surface area contributed by atoms with Crippen LogP contribution in [-0.4, -0.2) is 15.0 Å². The summed E-state index contributed by atoms with van der Waals surface area (Å²) >= 11 is 0. The summed E-state index contributed by atoms with van der Waals surface area (Å²) in [7, 11) is 0. The summed E-state index contributed by atoms with van der Waals surface area (Å²) in [6, 6.07) is 24.1. The molecule has 0 bridgehead atoms. The number of rotatable bonds is 7. The van der Waals surface area contributed by atoms with Gasteiger partial charge in [-0.3, -0.25) is 4.98 Å². The zero-order valence-electron chi connectivity index (χ0n) is 20.2. The lowest BCUT2D eigenvalue weighted by molar-refractivity contribution is -0.137. The number of fused-ring (bicyclic) bond motifs is 1. The van der Waals surface area contributed by atoms with Gasteiger partial charge in [-0.15, -0.1) is 5.11 Å². The zero-order chi connectivity index (χ0) is 26.5. The second-order valence-corrected chi connectivity index (χ2v) is 8.44. The monoisotopic (exact) mass is 513 g/mol. The fraction of sp³-hybridized carbons (Fsp3) is 0.107. The lowest BCUT2D eigenvalue weighted by atomic mass is 10.1. The molecule has 7 nitrogen and oxygen atoms in total. The number of azo groups is 1. The van der Waals surface area contributed by atoms with Crippen molar-refractivity contribution < 1.29 is 13.2 Å². The van der Waals surface area contributed by atoms with Crippen LogP contribution in [0.3, 0.4) is 0 Å². The maximum Gasteiger partial charge on any atom is 0.416 e. The summed E-state index contributed by atoms with van der Waals surface area (Å²) in [5, 5.41) is 15.6. The van der Waals surface area contributed by atoms with Crippen LogP contribution >= 0.6 is 0 Å². The Morgan fingerprint density at radius 2 is 1.58 bits per heavy atom. The van der Waals surface area contributed by atoms with Crippen molar-refractivity contribution in [3.05, 3.63) is 108 Å². The Labute approximate surface area is 216 Å². The van der Waals surface area contributed by atoms with E-state index in [0.29, 0.717) is 17.1 Å². The molecule has 0 fully saturated rings. The molecule has 0 amide bonds. The highest BCUT2D eigenvalue weighted by Gasteiger charge is 2.30. The Morgan fingerprint density at radius 1 is 0.789 bits per heavy atom. The zero-order valence-corrected chi connectivity index (χ0v) is 20.2. The number of hydrogen-bond acceptors (Lipinski definition) is 7. The van der Waals surface area contributed by atoms with E-state index < -0.39 is 11.7 Å². The standard InChI is InChI=1S/C28H22F3N7/c1-18-24-11-6-12-25(36-20-8-3-2-4-9-20)26(24)37-27(34-18)38-33-17-22-13-14-23(16-32-22)35-21-10-5-7-19(15-21)28(29,30)31/h2-16,35-36H,17H2,1H3. The van der Waals surface area contributed by atoms with E-state index in [-0.39, 0.29) is 12.5 Å². The summed E-state index contributed by atoms with van der Waals surface area (Å²) < 4.78 is 38.8. The highest BCUT2D eigenvalue weighted by molar-refractivity contribution is 5.93. The van der Waals surface area contributed by atoms with Crippen molar-refractivity contribution in [2.24, 2.45) is 10.2 Å². The van der Waals surface area contributed by atoms with Crippen molar-refractivity contribution in [2.45, 2.75) is 19.6 Å². The molecule has 0 radical (unpaired) electrons. The molecule has 0 saturated carbocycles. The predicted octanol–water partition coefficient (Wildman–Crippen LogP) is 8.12. The lowest BCUT2D eigenvalue weighted by Crippen LogP contribution is -2.05. The first-order valence-corrected chi connectivity index (χ1v) is 11.7. The number of aromatic nitrogens is 3. The minimum absolute atomic E-state index is 0.189. The van der Waals surface area contributed by atoms with Crippen molar-refractivity contribution in [3.8, 4) is 0 Å². The molecule has 10 heteroatoms. The number of para-hydroxylation sites is 2. The quantitative estimate of drug-likeness (QED) is 0.215. The van der Waals surface area contributed by atoms with Gasteiger partial charge in [-0.2, -0.15) is 18.3 Å². The number of alkyl halides is 3. The Balaban J connectivity index is 1.28. The summed E-state index contributed by atoms with van der Waals surface area (Å²) in [4.78, 5) is 13.4. The second kappa shape index (κ2) is 10.6. The van der Waals surface area contributed by atoms with Gasteiger partial charge in [0.05, 0.1) is 40.0 Å². The van der Waals surface area contributed by atoms with Crippen molar-refractivity contribution in [2.75, 3.05) is 10.6 Å². The Bertz CT molecular complexity index is 1580. The molecule has 0 aliphatic carbocycles. The molecule has 0 atom stereocenters. The normalized spacial score (nSPS) is 11.7. The third-order valence-corrected chi connectivity index (χ3v) is 5.65. The van der Waals surface area contributed by atoms with Gasteiger partial charge in [0.1, 0.15) is 6.54 Å². The average Bonchev–Trinajstić information content (AvgIpc) is 2.91. The smallest absolute Gasteiger partial charge is 0.354 e. The molecule has 5 rings (SSSR count). The van der Waals surface area contributed by atoms with Crippen molar-refractivity contribution in [1.82, 2.24) is 15.0 Å². The summed E-state index contributed by atoms with van der Waals surface area (Å²) in [5.41, 5.74) is 4.08. The van der Waals surface area contributed by atoms with E-state index in [4.69, 9.17) is 0 Å². The molecule has 5 aromatic rings. The van der Waals surface area contributed by atoms with Gasteiger partial charge in [0, 0.05) is 16.8 Å². The van der Waals surface area contributed by atoms with Crippen LogP contribution in [-0.2, 0) is 12.7 Å². The predicted molar refractivity (Wildman–Crippen MR) is 141 cm³/mol. The van der Waals surface area contributed by atoms with Gasteiger partial charge in [-0.1, -0.05) is 36.4 Å². The molecule has 2 heterocycles. The van der Waals surface area contributed by atoms with E-state index >= 15 is 0 Å². The first-order valence-electron chi connectivity index (χ1n) is 11.7. The number of anilines is 4. The van der Waals surface area contributed by atoms with Crippen LogP contribution in [0, 0.1) is 6.92 Å². The van der Waals surface area contributed by atoms with Gasteiger partial charge in [0.15, 0.2) is 0 Å². The lowest BCUT2D eigenvalue weighted by Gasteiger charge is -2.10. The molecule has 0 spiro atoms. The number of benzene rings is 3. The van der Waals surface area contributed by atoms with Crippen LogP contribution in [0.15, 0.2) is 101 Å². The molecule has 2 N–H and O–H groups in total. The second-order valence-electron chi connectivity index (χ2n) is 8.44. The Morgan fingerprint density at radius 3 is 2.34 bits per heavy atom. The van der Waals surface area contributed by atoms with E-state index in [1.807, 2.05) is 55.5 Å². The van der Waals surface area contributed by atoms with E-state index in [2.05, 4.69) is 35.8 Å². The molecule has 38 heavy (non-hydrogen) atoms. The SMILES string of the molecule is Cc1nc(N=NCc2ccc(Nc3cccc(C(F)(F)F)c3)cn2)nc2c(Nc3ccccc3)cccc12. The van der Waals surface area contributed by atoms with Crippen LogP contribution in [0.5, 0.6) is 0 Å². The molecule has 0 aliphatic rings. The Hall–Kier alpha value is -4.86. The number of hydrogen-bond donors (Lipinski definition) is 2. The number of aryl methyl sites for hydroxylation is 1. The minimum Gasteiger partial charge on any atom is -0.354 e. The average molecular weight is 514 g/mol. The summed E-state index contributed by atoms with van der Waals surface area (Å²) in [6.45, 7) is 2.08. The maximum absolute atomic E-state index is 12.9. The molecular formula is C28H22F3N7. The molecular weight excluding hydrogens is 491 g/mol.